The molecule has 1 unspecified atom stereocenters. The summed E-state index contributed by atoms with van der Waals surface area (Å²) in [5.74, 6) is 0.925. The van der Waals surface area contributed by atoms with E-state index in [0.717, 1.165) is 13.0 Å². The van der Waals surface area contributed by atoms with Gasteiger partial charge in [0, 0.05) is 6.54 Å². The maximum atomic E-state index is 11.3. The maximum Gasteiger partial charge on any atom is 0.233 e. The van der Waals surface area contributed by atoms with E-state index in [1.165, 1.54) is 0 Å². The van der Waals surface area contributed by atoms with Crippen molar-refractivity contribution >= 4 is 17.7 Å². The lowest BCUT2D eigenvalue weighted by atomic mass is 10.4. The fourth-order valence-electron chi connectivity index (χ4n) is 1.17. The van der Waals surface area contributed by atoms with Crippen LogP contribution in [-0.2, 0) is 4.79 Å². The molecule has 1 saturated heterocycles. The minimum absolute atomic E-state index is 0.272. The van der Waals surface area contributed by atoms with E-state index < -0.39 is 0 Å². The predicted octanol–water partition coefficient (Wildman–Crippen LogP) is 1.87. The fraction of sp³-hybridized carbons (Fsp3) is 0.667. The van der Waals surface area contributed by atoms with E-state index in [1.54, 1.807) is 11.8 Å². The molecule has 1 fully saturated rings. The van der Waals surface area contributed by atoms with Crippen molar-refractivity contribution in [3.8, 4) is 0 Å². The van der Waals surface area contributed by atoms with Crippen LogP contribution in [0.2, 0.25) is 0 Å². The molecule has 1 aliphatic heterocycles. The summed E-state index contributed by atoms with van der Waals surface area (Å²) in [6.45, 7) is 4.96. The number of hydrogen-bond acceptors (Lipinski definition) is 2. The van der Waals surface area contributed by atoms with Gasteiger partial charge in [0.25, 0.3) is 0 Å². The number of thioether (sulfide) groups is 1. The summed E-state index contributed by atoms with van der Waals surface area (Å²) >= 11 is 1.71. The van der Waals surface area contributed by atoms with Gasteiger partial charge in [0.2, 0.25) is 5.91 Å². The summed E-state index contributed by atoms with van der Waals surface area (Å²) in [5, 5.41) is 0.360. The molecule has 12 heavy (non-hydrogen) atoms. The summed E-state index contributed by atoms with van der Waals surface area (Å²) in [5.41, 5.74) is 0. The zero-order chi connectivity index (χ0) is 8.97. The van der Waals surface area contributed by atoms with Crippen molar-refractivity contribution in [3.63, 3.8) is 0 Å². The number of allylic oxidation sites excluding steroid dienone is 1. The van der Waals surface area contributed by atoms with Crippen LogP contribution in [0.5, 0.6) is 0 Å². The Labute approximate surface area is 78.0 Å². The summed E-state index contributed by atoms with van der Waals surface area (Å²) in [6.07, 6.45) is 5.22. The van der Waals surface area contributed by atoms with Gasteiger partial charge in [0.05, 0.1) is 11.1 Å². The third kappa shape index (κ3) is 2.27. The van der Waals surface area contributed by atoms with Crippen LogP contribution >= 0.6 is 11.8 Å². The van der Waals surface area contributed by atoms with Gasteiger partial charge in [-0.2, -0.15) is 0 Å². The van der Waals surface area contributed by atoms with Crippen LogP contribution in [0, 0.1) is 0 Å². The Balaban J connectivity index is 2.39. The van der Waals surface area contributed by atoms with Crippen LogP contribution < -0.4 is 0 Å². The first kappa shape index (κ1) is 9.65. The Morgan fingerprint density at radius 2 is 2.42 bits per heavy atom. The Kier molecular flexibility index (Phi) is 3.66. The lowest BCUT2D eigenvalue weighted by molar-refractivity contribution is -0.127. The molecule has 0 N–H and O–H groups in total. The summed E-state index contributed by atoms with van der Waals surface area (Å²) in [6, 6.07) is 0. The third-order valence-corrected chi connectivity index (χ3v) is 3.06. The van der Waals surface area contributed by atoms with Crippen molar-refractivity contribution in [1.82, 2.24) is 4.90 Å². The molecule has 0 radical (unpaired) electrons. The van der Waals surface area contributed by atoms with Crippen molar-refractivity contribution in [2.24, 2.45) is 0 Å². The van der Waals surface area contributed by atoms with Crippen molar-refractivity contribution in [3.05, 3.63) is 12.2 Å². The van der Waals surface area contributed by atoms with Gasteiger partial charge in [0.1, 0.15) is 0 Å². The van der Waals surface area contributed by atoms with Gasteiger partial charge in [-0.05, 0) is 13.3 Å². The van der Waals surface area contributed by atoms with E-state index in [0.29, 0.717) is 11.1 Å². The summed E-state index contributed by atoms with van der Waals surface area (Å²) in [7, 11) is 0. The molecule has 2 nitrogen and oxygen atoms in total. The normalized spacial score (nSPS) is 24.3. The molecule has 68 valence electrons. The zero-order valence-electron chi connectivity index (χ0n) is 7.62. The molecule has 0 aromatic carbocycles. The highest BCUT2D eigenvalue weighted by Crippen LogP contribution is 2.23. The Hall–Kier alpha value is -0.440. The van der Waals surface area contributed by atoms with Gasteiger partial charge in [-0.25, -0.2) is 0 Å². The van der Waals surface area contributed by atoms with Crippen molar-refractivity contribution < 1.29 is 4.79 Å². The number of nitrogens with zero attached hydrogens (tertiary/aromatic N) is 1. The molecular weight excluding hydrogens is 170 g/mol. The Bertz CT molecular complexity index is 191. The quantitative estimate of drug-likeness (QED) is 0.626. The highest BCUT2D eigenvalue weighted by Gasteiger charge is 2.26. The lowest BCUT2D eigenvalue weighted by Gasteiger charge is -2.18. The van der Waals surface area contributed by atoms with E-state index in [1.807, 2.05) is 4.90 Å². The second-order valence-corrected chi connectivity index (χ2v) is 4.14. The van der Waals surface area contributed by atoms with Gasteiger partial charge in [-0.15, -0.1) is 11.8 Å². The zero-order valence-corrected chi connectivity index (χ0v) is 8.43. The number of carbonyl (C=O) groups is 1. The molecule has 1 rings (SSSR count). The van der Waals surface area contributed by atoms with Crippen molar-refractivity contribution in [2.75, 3.05) is 12.3 Å². The average molecular weight is 185 g/mol. The Morgan fingerprint density at radius 1 is 1.67 bits per heavy atom. The number of hydrogen-bond donors (Lipinski definition) is 0. The summed E-state index contributed by atoms with van der Waals surface area (Å²) in [4.78, 5) is 13.2. The molecular formula is C9H15NOS. The first-order chi connectivity index (χ1) is 5.75. The second-order valence-electron chi connectivity index (χ2n) is 2.84. The van der Waals surface area contributed by atoms with Gasteiger partial charge >= 0.3 is 0 Å². The van der Waals surface area contributed by atoms with Gasteiger partial charge in [-0.3, -0.25) is 4.79 Å². The van der Waals surface area contributed by atoms with Gasteiger partial charge < -0.3 is 4.90 Å². The fourth-order valence-corrected chi connectivity index (χ4v) is 2.11. The molecule has 0 bridgehead atoms. The average Bonchev–Trinajstić information content (AvgIpc) is 2.35. The number of amides is 1. The van der Waals surface area contributed by atoms with Crippen LogP contribution in [0.15, 0.2) is 12.2 Å². The SMILES string of the molecule is CC/C=C/CN1C(=O)CSC1C. The first-order valence-electron chi connectivity index (χ1n) is 4.31. The second kappa shape index (κ2) is 4.55. The van der Waals surface area contributed by atoms with E-state index in [2.05, 4.69) is 26.0 Å². The van der Waals surface area contributed by atoms with E-state index >= 15 is 0 Å². The molecule has 0 aromatic heterocycles. The van der Waals surface area contributed by atoms with Gasteiger partial charge in [-0.1, -0.05) is 19.1 Å². The van der Waals surface area contributed by atoms with E-state index in [4.69, 9.17) is 0 Å². The standard InChI is InChI=1S/C9H15NOS/c1-3-4-5-6-10-8(2)12-7-9(10)11/h4-5,8H,3,6-7H2,1-2H3/b5-4+. The van der Waals surface area contributed by atoms with Crippen LogP contribution in [0.4, 0.5) is 0 Å². The minimum Gasteiger partial charge on any atom is -0.327 e. The maximum absolute atomic E-state index is 11.3. The van der Waals surface area contributed by atoms with Crippen molar-refractivity contribution in [1.29, 1.82) is 0 Å². The lowest BCUT2D eigenvalue weighted by Crippen LogP contribution is -2.30. The molecule has 3 heteroatoms. The van der Waals surface area contributed by atoms with E-state index in [-0.39, 0.29) is 5.91 Å². The first-order valence-corrected chi connectivity index (χ1v) is 5.36. The third-order valence-electron chi connectivity index (χ3n) is 1.91. The van der Waals surface area contributed by atoms with Crippen LogP contribution in [-0.4, -0.2) is 28.5 Å². The molecule has 0 spiro atoms. The van der Waals surface area contributed by atoms with Crippen LogP contribution in [0.1, 0.15) is 20.3 Å². The highest BCUT2D eigenvalue weighted by atomic mass is 32.2. The molecule has 0 aliphatic carbocycles. The smallest absolute Gasteiger partial charge is 0.233 e. The summed E-state index contributed by atoms with van der Waals surface area (Å²) < 4.78 is 0. The Morgan fingerprint density at radius 3 is 2.92 bits per heavy atom. The molecule has 0 saturated carbocycles. The predicted molar refractivity (Wildman–Crippen MR) is 53.1 cm³/mol. The topological polar surface area (TPSA) is 20.3 Å². The van der Waals surface area contributed by atoms with Crippen molar-refractivity contribution in [2.45, 2.75) is 25.6 Å². The largest absolute Gasteiger partial charge is 0.327 e. The number of rotatable bonds is 3. The van der Waals surface area contributed by atoms with Gasteiger partial charge in [0.15, 0.2) is 0 Å². The monoisotopic (exact) mass is 185 g/mol. The van der Waals surface area contributed by atoms with Crippen LogP contribution in [0.3, 0.4) is 0 Å². The van der Waals surface area contributed by atoms with E-state index in [9.17, 15) is 4.79 Å². The molecule has 1 atom stereocenters. The van der Waals surface area contributed by atoms with Crippen LogP contribution in [0.25, 0.3) is 0 Å². The molecule has 1 heterocycles. The minimum atomic E-state index is 0.272. The highest BCUT2D eigenvalue weighted by molar-refractivity contribution is 8.00. The molecule has 1 aliphatic rings. The molecule has 0 aromatic rings. The number of carbonyl (C=O) groups excluding carboxylic acids is 1. The molecule has 1 amide bonds.